The van der Waals surface area contributed by atoms with Crippen LogP contribution < -0.4 is 18.8 Å². The Morgan fingerprint density at radius 2 is 1.55 bits per heavy atom. The van der Waals surface area contributed by atoms with Gasteiger partial charge in [0.05, 0.1) is 21.3 Å². The van der Waals surface area contributed by atoms with E-state index in [1.165, 1.54) is 0 Å². The zero-order chi connectivity index (χ0) is 15.9. The van der Waals surface area contributed by atoms with Crippen molar-refractivity contribution in [1.82, 2.24) is 0 Å². The molecule has 0 saturated carbocycles. The first-order valence-corrected chi connectivity index (χ1v) is 7.19. The van der Waals surface area contributed by atoms with Crippen molar-refractivity contribution < 1.29 is 18.8 Å². The van der Waals surface area contributed by atoms with E-state index in [1.54, 1.807) is 21.3 Å². The Morgan fingerprint density at radius 3 is 2.09 bits per heavy atom. The first kappa shape index (κ1) is 15.9. The molecule has 0 radical (unpaired) electrons. The average molecular weight is 300 g/mol. The minimum absolute atomic E-state index is 0.601. The third kappa shape index (κ3) is 3.39. The fourth-order valence-electron chi connectivity index (χ4n) is 2.23. The topological polar surface area (TPSA) is 31.6 Å². The van der Waals surface area contributed by atoms with Crippen molar-refractivity contribution in [3.8, 4) is 17.2 Å². The molecule has 4 heteroatoms. The molecule has 0 aliphatic carbocycles. The van der Waals surface area contributed by atoms with Gasteiger partial charge in [-0.3, -0.25) is 0 Å². The highest BCUT2D eigenvalue weighted by atomic mass is 16.5. The first-order chi connectivity index (χ1) is 10.7. The molecule has 1 aromatic heterocycles. The summed E-state index contributed by atoms with van der Waals surface area (Å²) >= 11 is 0. The summed E-state index contributed by atoms with van der Waals surface area (Å²) in [5.41, 5.74) is 2.06. The Balaban J connectivity index is 2.33. The second-order valence-electron chi connectivity index (χ2n) is 4.72. The van der Waals surface area contributed by atoms with E-state index in [0.29, 0.717) is 17.2 Å². The van der Waals surface area contributed by atoms with Gasteiger partial charge < -0.3 is 14.2 Å². The Labute approximate surface area is 131 Å². The number of hydrogen-bond donors (Lipinski definition) is 0. The van der Waals surface area contributed by atoms with Gasteiger partial charge >= 0.3 is 0 Å². The molecule has 2 aromatic rings. The monoisotopic (exact) mass is 300 g/mol. The lowest BCUT2D eigenvalue weighted by molar-refractivity contribution is -0.693. The summed E-state index contributed by atoms with van der Waals surface area (Å²) in [6.45, 7) is 3.08. The molecule has 1 aromatic carbocycles. The summed E-state index contributed by atoms with van der Waals surface area (Å²) in [6.07, 6.45) is 8.17. The highest BCUT2D eigenvalue weighted by Crippen LogP contribution is 2.40. The highest BCUT2D eigenvalue weighted by molar-refractivity contribution is 5.75. The normalized spacial score (nSPS) is 10.7. The maximum absolute atomic E-state index is 5.47. The SMILES string of the molecule is CC[n+]1ccc(/C=C/c2ccc(OC)c(OC)c2OC)cc1. The van der Waals surface area contributed by atoms with Gasteiger partial charge in [-0.25, -0.2) is 4.57 Å². The molecule has 116 valence electrons. The molecule has 0 atom stereocenters. The van der Waals surface area contributed by atoms with E-state index < -0.39 is 0 Å². The van der Waals surface area contributed by atoms with Crippen molar-refractivity contribution in [2.24, 2.45) is 0 Å². The smallest absolute Gasteiger partial charge is 0.203 e. The van der Waals surface area contributed by atoms with E-state index in [4.69, 9.17) is 14.2 Å². The Bertz CT molecular complexity index is 648. The van der Waals surface area contributed by atoms with Crippen LogP contribution in [0.2, 0.25) is 0 Å². The molecular formula is C18H22NO3+. The van der Waals surface area contributed by atoms with Gasteiger partial charge in [0.15, 0.2) is 23.9 Å². The molecule has 0 aliphatic rings. The Hall–Kier alpha value is -2.49. The number of aryl methyl sites for hydroxylation is 1. The molecule has 22 heavy (non-hydrogen) atoms. The number of ether oxygens (including phenoxy) is 3. The zero-order valence-corrected chi connectivity index (χ0v) is 13.5. The molecule has 0 fully saturated rings. The second kappa shape index (κ2) is 7.50. The number of nitrogens with zero attached hydrogens (tertiary/aromatic N) is 1. The highest BCUT2D eigenvalue weighted by Gasteiger charge is 2.13. The lowest BCUT2D eigenvalue weighted by Gasteiger charge is -2.13. The van der Waals surface area contributed by atoms with E-state index in [0.717, 1.165) is 17.7 Å². The lowest BCUT2D eigenvalue weighted by Crippen LogP contribution is -2.30. The average Bonchev–Trinajstić information content (AvgIpc) is 2.59. The predicted molar refractivity (Wildman–Crippen MR) is 87.3 cm³/mol. The zero-order valence-electron chi connectivity index (χ0n) is 13.5. The summed E-state index contributed by atoms with van der Waals surface area (Å²) in [4.78, 5) is 0. The second-order valence-corrected chi connectivity index (χ2v) is 4.72. The summed E-state index contributed by atoms with van der Waals surface area (Å²) in [7, 11) is 4.84. The molecule has 0 unspecified atom stereocenters. The Morgan fingerprint density at radius 1 is 0.864 bits per heavy atom. The fraction of sp³-hybridized carbons (Fsp3) is 0.278. The van der Waals surface area contributed by atoms with Crippen molar-refractivity contribution in [3.05, 3.63) is 47.8 Å². The standard InChI is InChI=1S/C18H22NO3/c1-5-19-12-10-14(11-13-19)6-7-15-8-9-16(20-2)18(22-4)17(15)21-3/h6-13H,5H2,1-4H3/q+1/b7-6+. The van der Waals surface area contributed by atoms with E-state index in [-0.39, 0.29) is 0 Å². The number of aromatic nitrogens is 1. The van der Waals surface area contributed by atoms with Crippen LogP contribution in [-0.2, 0) is 6.54 Å². The Kier molecular flexibility index (Phi) is 5.42. The van der Waals surface area contributed by atoms with Crippen LogP contribution in [0.15, 0.2) is 36.7 Å². The van der Waals surface area contributed by atoms with Crippen LogP contribution in [0.3, 0.4) is 0 Å². The van der Waals surface area contributed by atoms with E-state index in [9.17, 15) is 0 Å². The van der Waals surface area contributed by atoms with Crippen LogP contribution in [0.25, 0.3) is 12.2 Å². The van der Waals surface area contributed by atoms with Crippen LogP contribution in [-0.4, -0.2) is 21.3 Å². The van der Waals surface area contributed by atoms with Gasteiger partial charge in [-0.2, -0.15) is 0 Å². The van der Waals surface area contributed by atoms with Gasteiger partial charge in [0, 0.05) is 17.7 Å². The number of hydrogen-bond acceptors (Lipinski definition) is 3. The molecule has 0 amide bonds. The van der Waals surface area contributed by atoms with Crippen molar-refractivity contribution in [2.45, 2.75) is 13.5 Å². The van der Waals surface area contributed by atoms with Crippen LogP contribution in [0.1, 0.15) is 18.1 Å². The fourth-order valence-corrected chi connectivity index (χ4v) is 2.23. The van der Waals surface area contributed by atoms with Crippen LogP contribution in [0.5, 0.6) is 17.2 Å². The number of rotatable bonds is 6. The van der Waals surface area contributed by atoms with Crippen molar-refractivity contribution in [3.63, 3.8) is 0 Å². The van der Waals surface area contributed by atoms with E-state index >= 15 is 0 Å². The molecule has 2 rings (SSSR count). The minimum atomic E-state index is 0.601. The minimum Gasteiger partial charge on any atom is -0.493 e. The summed E-state index contributed by atoms with van der Waals surface area (Å²) < 4.78 is 18.3. The lowest BCUT2D eigenvalue weighted by atomic mass is 10.1. The number of benzene rings is 1. The molecule has 0 spiro atoms. The van der Waals surface area contributed by atoms with Crippen LogP contribution in [0.4, 0.5) is 0 Å². The van der Waals surface area contributed by atoms with Crippen LogP contribution in [0, 0.1) is 0 Å². The molecule has 0 aliphatic heterocycles. The van der Waals surface area contributed by atoms with E-state index in [2.05, 4.69) is 36.0 Å². The molecule has 0 bridgehead atoms. The van der Waals surface area contributed by atoms with Gasteiger partial charge in [0.1, 0.15) is 6.54 Å². The third-order valence-corrected chi connectivity index (χ3v) is 3.47. The predicted octanol–water partition coefficient (Wildman–Crippen LogP) is 3.19. The number of pyridine rings is 1. The molecule has 1 heterocycles. The van der Waals surface area contributed by atoms with Gasteiger partial charge in [-0.1, -0.05) is 12.2 Å². The van der Waals surface area contributed by atoms with Gasteiger partial charge in [0.25, 0.3) is 0 Å². The van der Waals surface area contributed by atoms with Crippen molar-refractivity contribution in [2.75, 3.05) is 21.3 Å². The molecular weight excluding hydrogens is 278 g/mol. The summed E-state index contributed by atoms with van der Waals surface area (Å²) in [6, 6.07) is 7.98. The van der Waals surface area contributed by atoms with E-state index in [1.807, 2.05) is 24.3 Å². The molecule has 0 saturated heterocycles. The number of methoxy groups -OCH3 is 3. The quantitative estimate of drug-likeness (QED) is 0.768. The van der Waals surface area contributed by atoms with Crippen molar-refractivity contribution >= 4 is 12.2 Å². The van der Waals surface area contributed by atoms with Crippen molar-refractivity contribution in [1.29, 1.82) is 0 Å². The maximum Gasteiger partial charge on any atom is 0.203 e. The summed E-state index contributed by atoms with van der Waals surface area (Å²) in [5.74, 6) is 1.92. The summed E-state index contributed by atoms with van der Waals surface area (Å²) in [5, 5.41) is 0. The molecule has 0 N–H and O–H groups in total. The van der Waals surface area contributed by atoms with Gasteiger partial charge in [-0.15, -0.1) is 0 Å². The van der Waals surface area contributed by atoms with Gasteiger partial charge in [-0.05, 0) is 24.6 Å². The van der Waals surface area contributed by atoms with Crippen LogP contribution >= 0.6 is 0 Å². The molecule has 4 nitrogen and oxygen atoms in total. The van der Waals surface area contributed by atoms with Gasteiger partial charge in [0.2, 0.25) is 5.75 Å². The largest absolute Gasteiger partial charge is 0.493 e. The third-order valence-electron chi connectivity index (χ3n) is 3.47. The first-order valence-electron chi connectivity index (χ1n) is 7.19. The maximum atomic E-state index is 5.47.